The molecule has 1 heterocycles. The van der Waals surface area contributed by atoms with Gasteiger partial charge in [0.05, 0.1) is 12.3 Å². The van der Waals surface area contributed by atoms with Crippen LogP contribution in [0.25, 0.3) is 0 Å². The van der Waals surface area contributed by atoms with Crippen LogP contribution in [-0.4, -0.2) is 38.5 Å². The Morgan fingerprint density at radius 3 is 2.62 bits per heavy atom. The van der Waals surface area contributed by atoms with E-state index < -0.39 is 6.03 Å². The van der Waals surface area contributed by atoms with Crippen molar-refractivity contribution in [3.63, 3.8) is 0 Å². The molecule has 1 saturated carbocycles. The zero-order valence-corrected chi connectivity index (χ0v) is 15.8. The molecule has 26 heavy (non-hydrogen) atoms. The molecule has 0 aliphatic heterocycles. The Morgan fingerprint density at radius 1 is 1.23 bits per heavy atom. The number of rotatable bonds is 7. The number of benzene rings is 1. The summed E-state index contributed by atoms with van der Waals surface area (Å²) < 4.78 is 2.08. The molecule has 1 aromatic heterocycles. The molecule has 2 N–H and O–H groups in total. The van der Waals surface area contributed by atoms with Gasteiger partial charge in [0.25, 0.3) is 0 Å². The van der Waals surface area contributed by atoms with Crippen molar-refractivity contribution in [2.75, 3.05) is 5.75 Å². The number of nitrogens with one attached hydrogen (secondary N) is 2. The molecular weight excluding hydrogens is 350 g/mol. The molecule has 1 aliphatic rings. The molecule has 8 heteroatoms. The van der Waals surface area contributed by atoms with Crippen LogP contribution in [0.15, 0.2) is 35.5 Å². The molecule has 0 atom stereocenters. The second-order valence-corrected chi connectivity index (χ2v) is 7.59. The minimum Gasteiger partial charge on any atom is -0.336 e. The number of carbonyl (C=O) groups is 2. The fourth-order valence-electron chi connectivity index (χ4n) is 2.56. The van der Waals surface area contributed by atoms with Gasteiger partial charge in [0.2, 0.25) is 5.91 Å². The average molecular weight is 373 g/mol. The van der Waals surface area contributed by atoms with E-state index in [1.54, 1.807) is 0 Å². The maximum absolute atomic E-state index is 12.0. The topological polar surface area (TPSA) is 88.9 Å². The molecule has 0 spiro atoms. The van der Waals surface area contributed by atoms with E-state index in [2.05, 4.69) is 37.5 Å². The second kappa shape index (κ2) is 8.35. The smallest absolute Gasteiger partial charge is 0.321 e. The first kappa shape index (κ1) is 18.4. The van der Waals surface area contributed by atoms with E-state index >= 15 is 0 Å². The highest BCUT2D eigenvalue weighted by atomic mass is 32.2. The number of amides is 3. The van der Waals surface area contributed by atoms with Crippen molar-refractivity contribution in [2.24, 2.45) is 0 Å². The first-order chi connectivity index (χ1) is 12.5. The molecule has 0 saturated heterocycles. The van der Waals surface area contributed by atoms with E-state index in [-0.39, 0.29) is 17.7 Å². The van der Waals surface area contributed by atoms with Crippen molar-refractivity contribution in [1.29, 1.82) is 0 Å². The fraction of sp³-hybridized carbons (Fsp3) is 0.444. The van der Waals surface area contributed by atoms with Gasteiger partial charge in [0.1, 0.15) is 5.82 Å². The van der Waals surface area contributed by atoms with Crippen LogP contribution in [0.4, 0.5) is 4.79 Å². The highest BCUT2D eigenvalue weighted by Gasteiger charge is 2.30. The molecule has 3 amide bonds. The van der Waals surface area contributed by atoms with Gasteiger partial charge in [-0.25, -0.2) is 4.79 Å². The summed E-state index contributed by atoms with van der Waals surface area (Å²) in [5.74, 6) is 1.21. The number of imide groups is 1. The average Bonchev–Trinajstić information content (AvgIpc) is 3.35. The highest BCUT2D eigenvalue weighted by Crippen LogP contribution is 2.40. The SMILES string of the molecule is CC(C)NC(=O)NC(=O)CSc1nnc(C2CC2)n1Cc1ccccc1. The summed E-state index contributed by atoms with van der Waals surface area (Å²) in [5, 5.41) is 14.3. The van der Waals surface area contributed by atoms with Crippen LogP contribution in [0, 0.1) is 0 Å². The van der Waals surface area contributed by atoms with Crippen molar-refractivity contribution in [1.82, 2.24) is 25.4 Å². The van der Waals surface area contributed by atoms with E-state index in [9.17, 15) is 9.59 Å². The molecular formula is C18H23N5O2S. The predicted octanol–water partition coefficient (Wildman–Crippen LogP) is 2.53. The highest BCUT2D eigenvalue weighted by molar-refractivity contribution is 7.99. The van der Waals surface area contributed by atoms with Crippen LogP contribution in [0.1, 0.15) is 44.0 Å². The standard InChI is InChI=1S/C18H23N5O2S/c1-12(2)19-17(25)20-15(24)11-26-18-22-21-16(14-8-9-14)23(18)10-13-6-4-3-5-7-13/h3-7,12,14H,8-11H2,1-2H3,(H2,19,20,24,25). The van der Waals surface area contributed by atoms with Crippen LogP contribution in [0.2, 0.25) is 0 Å². The fourth-order valence-corrected chi connectivity index (χ4v) is 3.30. The number of hydrogen-bond donors (Lipinski definition) is 2. The first-order valence-corrected chi connectivity index (χ1v) is 9.71. The zero-order valence-electron chi connectivity index (χ0n) is 14.9. The molecule has 2 aromatic rings. The van der Waals surface area contributed by atoms with Crippen LogP contribution < -0.4 is 10.6 Å². The Labute approximate surface area is 157 Å². The van der Waals surface area contributed by atoms with Crippen molar-refractivity contribution >= 4 is 23.7 Å². The van der Waals surface area contributed by atoms with Gasteiger partial charge in [-0.2, -0.15) is 0 Å². The quantitative estimate of drug-likeness (QED) is 0.728. The second-order valence-electron chi connectivity index (χ2n) is 6.65. The van der Waals surface area contributed by atoms with E-state index in [1.807, 2.05) is 32.0 Å². The van der Waals surface area contributed by atoms with Crippen molar-refractivity contribution in [3.05, 3.63) is 41.7 Å². The Kier molecular flexibility index (Phi) is 5.92. The monoisotopic (exact) mass is 373 g/mol. The largest absolute Gasteiger partial charge is 0.336 e. The van der Waals surface area contributed by atoms with Crippen LogP contribution in [0.5, 0.6) is 0 Å². The lowest BCUT2D eigenvalue weighted by Gasteiger charge is -2.11. The molecule has 1 fully saturated rings. The Morgan fingerprint density at radius 2 is 1.96 bits per heavy atom. The van der Waals surface area contributed by atoms with Gasteiger partial charge in [-0.05, 0) is 32.3 Å². The molecule has 3 rings (SSSR count). The van der Waals surface area contributed by atoms with Crippen molar-refractivity contribution in [3.8, 4) is 0 Å². The van der Waals surface area contributed by atoms with E-state index in [1.165, 1.54) is 11.8 Å². The maximum atomic E-state index is 12.0. The van der Waals surface area contributed by atoms with Crippen LogP contribution in [0.3, 0.4) is 0 Å². The molecule has 7 nitrogen and oxygen atoms in total. The molecule has 1 aromatic carbocycles. The Balaban J connectivity index is 1.64. The van der Waals surface area contributed by atoms with Gasteiger partial charge in [-0.3, -0.25) is 10.1 Å². The minimum atomic E-state index is -0.477. The molecule has 0 radical (unpaired) electrons. The summed E-state index contributed by atoms with van der Waals surface area (Å²) in [7, 11) is 0. The lowest BCUT2D eigenvalue weighted by atomic mass is 10.2. The third kappa shape index (κ3) is 5.08. The van der Waals surface area contributed by atoms with Gasteiger partial charge in [-0.1, -0.05) is 42.1 Å². The maximum Gasteiger partial charge on any atom is 0.321 e. The normalized spacial score (nSPS) is 13.7. The lowest BCUT2D eigenvalue weighted by Crippen LogP contribution is -2.43. The summed E-state index contributed by atoms with van der Waals surface area (Å²) in [4.78, 5) is 23.6. The number of carbonyl (C=O) groups excluding carboxylic acids is 2. The Bertz CT molecular complexity index is 771. The number of hydrogen-bond acceptors (Lipinski definition) is 5. The first-order valence-electron chi connectivity index (χ1n) is 8.73. The van der Waals surface area contributed by atoms with Crippen molar-refractivity contribution < 1.29 is 9.59 Å². The molecule has 138 valence electrons. The summed E-state index contributed by atoms with van der Waals surface area (Å²) in [6.07, 6.45) is 2.26. The number of nitrogens with zero attached hydrogens (tertiary/aromatic N) is 3. The van der Waals surface area contributed by atoms with Gasteiger partial charge < -0.3 is 9.88 Å². The third-order valence-electron chi connectivity index (χ3n) is 3.88. The Hall–Kier alpha value is -2.35. The predicted molar refractivity (Wildman–Crippen MR) is 100 cm³/mol. The number of urea groups is 1. The third-order valence-corrected chi connectivity index (χ3v) is 4.84. The summed E-state index contributed by atoms with van der Waals surface area (Å²) in [6, 6.07) is 9.62. The summed E-state index contributed by atoms with van der Waals surface area (Å²) in [6.45, 7) is 4.35. The molecule has 0 unspecified atom stereocenters. The number of aromatic nitrogens is 3. The molecule has 0 bridgehead atoms. The zero-order chi connectivity index (χ0) is 18.5. The van der Waals surface area contributed by atoms with E-state index in [0.29, 0.717) is 17.6 Å². The summed E-state index contributed by atoms with van der Waals surface area (Å²) in [5.41, 5.74) is 1.16. The van der Waals surface area contributed by atoms with E-state index in [4.69, 9.17) is 0 Å². The summed E-state index contributed by atoms with van der Waals surface area (Å²) >= 11 is 1.30. The molecule has 1 aliphatic carbocycles. The van der Waals surface area contributed by atoms with E-state index in [0.717, 1.165) is 24.2 Å². The van der Waals surface area contributed by atoms with Gasteiger partial charge in [-0.15, -0.1) is 10.2 Å². The van der Waals surface area contributed by atoms with Crippen LogP contribution >= 0.6 is 11.8 Å². The van der Waals surface area contributed by atoms with Gasteiger partial charge in [0.15, 0.2) is 5.16 Å². The van der Waals surface area contributed by atoms with Gasteiger partial charge in [0, 0.05) is 12.0 Å². The lowest BCUT2D eigenvalue weighted by molar-refractivity contribution is -0.117. The minimum absolute atomic E-state index is 0.0227. The van der Waals surface area contributed by atoms with Gasteiger partial charge >= 0.3 is 6.03 Å². The van der Waals surface area contributed by atoms with Crippen molar-refractivity contribution in [2.45, 2.75) is 50.4 Å². The number of thioether (sulfide) groups is 1. The van der Waals surface area contributed by atoms with Crippen LogP contribution in [-0.2, 0) is 11.3 Å².